The summed E-state index contributed by atoms with van der Waals surface area (Å²) in [5.74, 6) is -0.221. The number of hydrogen-bond acceptors (Lipinski definition) is 5. The number of hydrogen-bond donors (Lipinski definition) is 0. The molecule has 2 rings (SSSR count). The highest BCUT2D eigenvalue weighted by Gasteiger charge is 2.34. The van der Waals surface area contributed by atoms with Crippen LogP contribution >= 0.6 is 24.0 Å². The monoisotopic (exact) mass is 377 g/mol. The highest BCUT2D eigenvalue weighted by molar-refractivity contribution is 8.26. The van der Waals surface area contributed by atoms with Crippen LogP contribution in [0.25, 0.3) is 6.08 Å². The van der Waals surface area contributed by atoms with Gasteiger partial charge >= 0.3 is 5.97 Å². The third-order valence-corrected chi connectivity index (χ3v) is 5.35. The molecule has 134 valence electrons. The molecule has 0 saturated carbocycles. The lowest BCUT2D eigenvalue weighted by molar-refractivity contribution is -0.150. The summed E-state index contributed by atoms with van der Waals surface area (Å²) >= 11 is 6.46. The molecule has 1 atom stereocenters. The molecule has 1 aromatic carbocycles. The average Bonchev–Trinajstić information content (AvgIpc) is 2.82. The van der Waals surface area contributed by atoms with E-state index < -0.39 is 5.97 Å². The summed E-state index contributed by atoms with van der Waals surface area (Å²) in [6, 6.07) is 8.08. The van der Waals surface area contributed by atoms with Gasteiger partial charge in [-0.05, 0) is 36.5 Å². The first-order valence-electron chi connectivity index (χ1n) is 8.36. The number of rotatable bonds is 6. The van der Waals surface area contributed by atoms with Gasteiger partial charge in [0.15, 0.2) is 0 Å². The summed E-state index contributed by atoms with van der Waals surface area (Å²) in [7, 11) is 0. The van der Waals surface area contributed by atoms with E-state index in [4.69, 9.17) is 17.0 Å². The van der Waals surface area contributed by atoms with Crippen molar-refractivity contribution in [1.29, 1.82) is 0 Å². The number of carbonyl (C=O) groups excluding carboxylic acids is 2. The Balaban J connectivity index is 2.08. The van der Waals surface area contributed by atoms with Crippen molar-refractivity contribution in [1.82, 2.24) is 4.90 Å². The zero-order valence-electron chi connectivity index (χ0n) is 14.9. The standard InChI is InChI=1S/C19H23NO3S2/c1-5-13(4)23-17(21)11-20-18(22)16(25-19(20)24)10-14-6-8-15(9-7-14)12(2)3/h6-10,12-13H,5,11H2,1-4H3/b16-10-/t13-/m1/s1. The second-order valence-electron chi connectivity index (χ2n) is 6.30. The minimum atomic E-state index is -0.437. The van der Waals surface area contributed by atoms with E-state index in [1.165, 1.54) is 22.2 Å². The zero-order chi connectivity index (χ0) is 18.6. The number of carbonyl (C=O) groups is 2. The number of ether oxygens (including phenoxy) is 1. The molecule has 0 bridgehead atoms. The molecule has 0 aliphatic carbocycles. The van der Waals surface area contributed by atoms with Crippen LogP contribution in [0.5, 0.6) is 0 Å². The van der Waals surface area contributed by atoms with E-state index in [9.17, 15) is 9.59 Å². The molecule has 6 heteroatoms. The largest absolute Gasteiger partial charge is 0.461 e. The highest BCUT2D eigenvalue weighted by atomic mass is 32.2. The van der Waals surface area contributed by atoms with Gasteiger partial charge in [0.1, 0.15) is 10.9 Å². The molecule has 0 spiro atoms. The van der Waals surface area contributed by atoms with E-state index >= 15 is 0 Å². The van der Waals surface area contributed by atoms with Crippen molar-refractivity contribution in [3.05, 3.63) is 40.3 Å². The lowest BCUT2D eigenvalue weighted by Crippen LogP contribution is -2.35. The first-order valence-corrected chi connectivity index (χ1v) is 9.59. The molecule has 0 radical (unpaired) electrons. The number of thioether (sulfide) groups is 1. The van der Waals surface area contributed by atoms with Crippen LogP contribution in [0.1, 0.15) is 51.2 Å². The quantitative estimate of drug-likeness (QED) is 0.419. The number of amides is 1. The van der Waals surface area contributed by atoms with E-state index in [1.807, 2.05) is 32.1 Å². The third-order valence-electron chi connectivity index (χ3n) is 3.97. The van der Waals surface area contributed by atoms with E-state index in [0.29, 0.717) is 15.1 Å². The Kier molecular flexibility index (Phi) is 6.79. The molecule has 0 unspecified atom stereocenters. The molecule has 1 aliphatic rings. The van der Waals surface area contributed by atoms with E-state index in [-0.39, 0.29) is 18.6 Å². The molecule has 1 aliphatic heterocycles. The Morgan fingerprint density at radius 1 is 1.28 bits per heavy atom. The van der Waals surface area contributed by atoms with Gasteiger partial charge in [-0.1, -0.05) is 69.0 Å². The van der Waals surface area contributed by atoms with Crippen molar-refractivity contribution in [2.24, 2.45) is 0 Å². The minimum absolute atomic E-state index is 0.140. The van der Waals surface area contributed by atoms with Crippen LogP contribution in [0.4, 0.5) is 0 Å². The Morgan fingerprint density at radius 3 is 2.48 bits per heavy atom. The van der Waals surface area contributed by atoms with Crippen LogP contribution in [0, 0.1) is 0 Å². The fourth-order valence-corrected chi connectivity index (χ4v) is 3.49. The van der Waals surface area contributed by atoms with Gasteiger partial charge in [0.25, 0.3) is 5.91 Å². The normalized spacial score (nSPS) is 17.5. The molecule has 4 nitrogen and oxygen atoms in total. The average molecular weight is 378 g/mol. The molecular weight excluding hydrogens is 354 g/mol. The van der Waals surface area contributed by atoms with Gasteiger partial charge in [0.05, 0.1) is 11.0 Å². The van der Waals surface area contributed by atoms with Crippen molar-refractivity contribution >= 4 is 46.3 Å². The van der Waals surface area contributed by atoms with Gasteiger partial charge in [-0.25, -0.2) is 0 Å². The third kappa shape index (κ3) is 5.16. The topological polar surface area (TPSA) is 46.6 Å². The van der Waals surface area contributed by atoms with Crippen molar-refractivity contribution < 1.29 is 14.3 Å². The maximum atomic E-state index is 12.5. The van der Waals surface area contributed by atoms with Gasteiger partial charge in [-0.2, -0.15) is 0 Å². The molecule has 1 amide bonds. The van der Waals surface area contributed by atoms with Crippen molar-refractivity contribution in [3.63, 3.8) is 0 Å². The van der Waals surface area contributed by atoms with Crippen LogP contribution in [0.15, 0.2) is 29.2 Å². The predicted octanol–water partition coefficient (Wildman–Crippen LogP) is 4.35. The van der Waals surface area contributed by atoms with Crippen LogP contribution in [0.3, 0.4) is 0 Å². The maximum Gasteiger partial charge on any atom is 0.326 e. The predicted molar refractivity (Wildman–Crippen MR) is 106 cm³/mol. The smallest absolute Gasteiger partial charge is 0.326 e. The Labute approximate surface area is 158 Å². The summed E-state index contributed by atoms with van der Waals surface area (Å²) in [4.78, 5) is 26.3. The maximum absolute atomic E-state index is 12.5. The van der Waals surface area contributed by atoms with Crippen molar-refractivity contribution in [2.75, 3.05) is 6.54 Å². The van der Waals surface area contributed by atoms with Gasteiger partial charge in [-0.15, -0.1) is 0 Å². The fraction of sp³-hybridized carbons (Fsp3) is 0.421. The first-order chi connectivity index (χ1) is 11.8. The molecule has 0 aromatic heterocycles. The second kappa shape index (κ2) is 8.63. The summed E-state index contributed by atoms with van der Waals surface area (Å²) in [6.07, 6.45) is 2.38. The van der Waals surface area contributed by atoms with E-state index in [2.05, 4.69) is 26.0 Å². The number of thiocarbonyl (C=S) groups is 1. The molecule has 1 saturated heterocycles. The number of benzene rings is 1. The van der Waals surface area contributed by atoms with E-state index in [0.717, 1.165) is 12.0 Å². The summed E-state index contributed by atoms with van der Waals surface area (Å²) in [6.45, 7) is 7.89. The molecule has 25 heavy (non-hydrogen) atoms. The van der Waals surface area contributed by atoms with Gasteiger partial charge in [0.2, 0.25) is 0 Å². The Morgan fingerprint density at radius 2 is 1.92 bits per heavy atom. The SMILES string of the molecule is CC[C@@H](C)OC(=O)CN1C(=O)/C(=C/c2ccc(C(C)C)cc2)SC1=S. The van der Waals surface area contributed by atoms with Crippen LogP contribution in [0.2, 0.25) is 0 Å². The van der Waals surface area contributed by atoms with Crippen molar-refractivity contribution in [3.8, 4) is 0 Å². The Hall–Kier alpha value is -1.66. The minimum Gasteiger partial charge on any atom is -0.461 e. The lowest BCUT2D eigenvalue weighted by Gasteiger charge is -2.16. The fourth-order valence-electron chi connectivity index (χ4n) is 2.24. The van der Waals surface area contributed by atoms with Crippen LogP contribution in [-0.2, 0) is 14.3 Å². The highest BCUT2D eigenvalue weighted by Crippen LogP contribution is 2.32. The zero-order valence-corrected chi connectivity index (χ0v) is 16.6. The van der Waals surface area contributed by atoms with Gasteiger partial charge < -0.3 is 4.74 Å². The molecule has 1 fully saturated rings. The summed E-state index contributed by atoms with van der Waals surface area (Å²) in [5, 5.41) is 0. The molecular formula is C19H23NO3S2. The second-order valence-corrected chi connectivity index (χ2v) is 7.97. The van der Waals surface area contributed by atoms with Crippen LogP contribution in [-0.4, -0.2) is 33.7 Å². The number of esters is 1. The Bertz CT molecular complexity index is 695. The lowest BCUT2D eigenvalue weighted by atomic mass is 10.0. The number of nitrogens with zero attached hydrogens (tertiary/aromatic N) is 1. The molecule has 1 heterocycles. The van der Waals surface area contributed by atoms with Gasteiger partial charge in [0, 0.05) is 0 Å². The molecule has 1 aromatic rings. The van der Waals surface area contributed by atoms with E-state index in [1.54, 1.807) is 0 Å². The molecule has 0 N–H and O–H groups in total. The first kappa shape index (κ1) is 19.7. The van der Waals surface area contributed by atoms with Gasteiger partial charge in [-0.3, -0.25) is 14.5 Å². The van der Waals surface area contributed by atoms with Crippen molar-refractivity contribution in [2.45, 2.75) is 46.1 Å². The summed E-state index contributed by atoms with van der Waals surface area (Å²) in [5.41, 5.74) is 2.18. The summed E-state index contributed by atoms with van der Waals surface area (Å²) < 4.78 is 5.61. The van der Waals surface area contributed by atoms with Crippen LogP contribution < -0.4 is 0 Å².